The number of carbonyl (C=O) groups excluding carboxylic acids is 1. The second-order valence-electron chi connectivity index (χ2n) is 3.65. The van der Waals surface area contributed by atoms with Crippen LogP contribution in [0.3, 0.4) is 0 Å². The molecular weight excluding hydrogens is 204 g/mol. The number of ether oxygens (including phenoxy) is 1. The van der Waals surface area contributed by atoms with Crippen molar-refractivity contribution in [3.8, 4) is 5.75 Å². The number of hydrogen-bond donors (Lipinski definition) is 1. The van der Waals surface area contributed by atoms with Crippen LogP contribution in [0.1, 0.15) is 15.9 Å². The van der Waals surface area contributed by atoms with Gasteiger partial charge in [-0.3, -0.25) is 0 Å². The first kappa shape index (κ1) is 10.5. The van der Waals surface area contributed by atoms with Crippen LogP contribution in [0, 0.1) is 6.92 Å². The van der Waals surface area contributed by atoms with Gasteiger partial charge in [0.15, 0.2) is 0 Å². The van der Waals surface area contributed by atoms with Gasteiger partial charge in [-0.1, -0.05) is 6.07 Å². The van der Waals surface area contributed by atoms with Gasteiger partial charge >= 0.3 is 5.97 Å². The van der Waals surface area contributed by atoms with E-state index in [4.69, 9.17) is 4.74 Å². The Kier molecular flexibility index (Phi) is 2.52. The molecule has 0 atom stereocenters. The highest BCUT2D eigenvalue weighted by atomic mass is 16.5. The Bertz CT molecular complexity index is 558. The summed E-state index contributed by atoms with van der Waals surface area (Å²) in [5.74, 6) is -0.173. The van der Waals surface area contributed by atoms with E-state index in [1.54, 1.807) is 24.3 Å². The molecule has 0 aromatic heterocycles. The van der Waals surface area contributed by atoms with Crippen molar-refractivity contribution in [3.63, 3.8) is 0 Å². The third-order valence-electron chi connectivity index (χ3n) is 2.62. The molecule has 0 aliphatic carbocycles. The van der Waals surface area contributed by atoms with E-state index >= 15 is 0 Å². The van der Waals surface area contributed by atoms with Gasteiger partial charge in [-0.05, 0) is 47.5 Å². The molecule has 2 aromatic rings. The van der Waals surface area contributed by atoms with Crippen LogP contribution in [-0.4, -0.2) is 18.2 Å². The average Bonchev–Trinajstić information content (AvgIpc) is 2.29. The third kappa shape index (κ3) is 1.60. The smallest absolute Gasteiger partial charge is 0.338 e. The van der Waals surface area contributed by atoms with Gasteiger partial charge in [0.2, 0.25) is 0 Å². The molecule has 1 N–H and O–H groups in total. The van der Waals surface area contributed by atoms with Gasteiger partial charge in [-0.2, -0.15) is 0 Å². The Balaban J connectivity index is 2.79. The molecule has 0 saturated carbocycles. The normalized spacial score (nSPS) is 10.4. The molecule has 0 aliphatic rings. The van der Waals surface area contributed by atoms with Gasteiger partial charge in [0.25, 0.3) is 0 Å². The fourth-order valence-electron chi connectivity index (χ4n) is 1.77. The second kappa shape index (κ2) is 3.85. The van der Waals surface area contributed by atoms with Crippen LogP contribution in [0.5, 0.6) is 5.75 Å². The van der Waals surface area contributed by atoms with E-state index in [0.29, 0.717) is 5.56 Å². The predicted molar refractivity (Wildman–Crippen MR) is 61.7 cm³/mol. The van der Waals surface area contributed by atoms with E-state index in [-0.39, 0.29) is 11.7 Å². The number of benzene rings is 2. The minimum Gasteiger partial charge on any atom is -0.508 e. The standard InChI is InChI=1S/C13H12O3/c1-8-3-5-11(13(15)16-2)10-6-4-9(14)7-12(8)10/h3-7,14H,1-2H3. The number of methoxy groups -OCH3 is 1. The molecule has 0 radical (unpaired) electrons. The predicted octanol–water partition coefficient (Wildman–Crippen LogP) is 2.64. The fourth-order valence-corrected chi connectivity index (χ4v) is 1.77. The Morgan fingerprint density at radius 2 is 1.94 bits per heavy atom. The van der Waals surface area contributed by atoms with Crippen molar-refractivity contribution in [1.29, 1.82) is 0 Å². The number of fused-ring (bicyclic) bond motifs is 1. The first-order valence-corrected chi connectivity index (χ1v) is 4.94. The lowest BCUT2D eigenvalue weighted by atomic mass is 10.00. The number of phenols is 1. The van der Waals surface area contributed by atoms with Gasteiger partial charge in [-0.15, -0.1) is 0 Å². The van der Waals surface area contributed by atoms with Crippen LogP contribution in [0.4, 0.5) is 0 Å². The zero-order valence-corrected chi connectivity index (χ0v) is 9.15. The van der Waals surface area contributed by atoms with Crippen LogP contribution in [0.25, 0.3) is 10.8 Å². The maximum Gasteiger partial charge on any atom is 0.338 e. The summed E-state index contributed by atoms with van der Waals surface area (Å²) in [6.07, 6.45) is 0. The largest absolute Gasteiger partial charge is 0.508 e. The van der Waals surface area contributed by atoms with E-state index in [1.807, 2.05) is 13.0 Å². The van der Waals surface area contributed by atoms with E-state index < -0.39 is 0 Å². The highest BCUT2D eigenvalue weighted by Gasteiger charge is 2.11. The molecule has 3 nitrogen and oxygen atoms in total. The molecule has 0 saturated heterocycles. The minimum atomic E-state index is -0.365. The van der Waals surface area contributed by atoms with Gasteiger partial charge in [-0.25, -0.2) is 4.79 Å². The molecule has 0 aliphatic heterocycles. The van der Waals surface area contributed by atoms with Gasteiger partial charge in [0.05, 0.1) is 12.7 Å². The Hall–Kier alpha value is -2.03. The Labute approximate surface area is 93.3 Å². The van der Waals surface area contributed by atoms with Crippen molar-refractivity contribution in [2.45, 2.75) is 6.92 Å². The Morgan fingerprint density at radius 3 is 2.62 bits per heavy atom. The molecule has 3 heteroatoms. The lowest BCUT2D eigenvalue weighted by Gasteiger charge is -2.07. The minimum absolute atomic E-state index is 0.192. The van der Waals surface area contributed by atoms with Crippen molar-refractivity contribution in [2.75, 3.05) is 7.11 Å². The number of esters is 1. The number of aromatic hydroxyl groups is 1. The molecule has 16 heavy (non-hydrogen) atoms. The zero-order valence-electron chi connectivity index (χ0n) is 9.15. The van der Waals surface area contributed by atoms with Crippen LogP contribution in [-0.2, 0) is 4.74 Å². The molecule has 2 aromatic carbocycles. The number of phenolic OH excluding ortho intramolecular Hbond substituents is 1. The number of aryl methyl sites for hydroxylation is 1. The van der Waals surface area contributed by atoms with Gasteiger partial charge < -0.3 is 9.84 Å². The highest BCUT2D eigenvalue weighted by Crippen LogP contribution is 2.26. The van der Waals surface area contributed by atoms with Crippen LogP contribution >= 0.6 is 0 Å². The first-order chi connectivity index (χ1) is 7.63. The lowest BCUT2D eigenvalue weighted by molar-refractivity contribution is 0.0603. The van der Waals surface area contributed by atoms with E-state index in [9.17, 15) is 9.90 Å². The number of rotatable bonds is 1. The average molecular weight is 216 g/mol. The molecule has 0 heterocycles. The van der Waals surface area contributed by atoms with Crippen LogP contribution in [0.2, 0.25) is 0 Å². The van der Waals surface area contributed by atoms with Crippen molar-refractivity contribution in [1.82, 2.24) is 0 Å². The second-order valence-corrected chi connectivity index (χ2v) is 3.65. The zero-order chi connectivity index (χ0) is 11.7. The topological polar surface area (TPSA) is 46.5 Å². The van der Waals surface area contributed by atoms with Crippen molar-refractivity contribution < 1.29 is 14.6 Å². The van der Waals surface area contributed by atoms with E-state index in [1.165, 1.54) is 7.11 Å². The summed E-state index contributed by atoms with van der Waals surface area (Å²) in [5, 5.41) is 11.1. The molecule has 2 rings (SSSR count). The lowest BCUT2D eigenvalue weighted by Crippen LogP contribution is -2.02. The van der Waals surface area contributed by atoms with Gasteiger partial charge in [0.1, 0.15) is 5.75 Å². The maximum atomic E-state index is 11.5. The molecular formula is C13H12O3. The van der Waals surface area contributed by atoms with Crippen molar-refractivity contribution in [3.05, 3.63) is 41.5 Å². The molecule has 0 bridgehead atoms. The molecule has 0 spiro atoms. The van der Waals surface area contributed by atoms with E-state index in [2.05, 4.69) is 0 Å². The Morgan fingerprint density at radius 1 is 1.19 bits per heavy atom. The van der Waals surface area contributed by atoms with Crippen LogP contribution < -0.4 is 0 Å². The summed E-state index contributed by atoms with van der Waals surface area (Å²) in [6, 6.07) is 8.52. The number of carbonyl (C=O) groups is 1. The molecule has 82 valence electrons. The number of hydrogen-bond acceptors (Lipinski definition) is 3. The third-order valence-corrected chi connectivity index (χ3v) is 2.62. The monoisotopic (exact) mass is 216 g/mol. The van der Waals surface area contributed by atoms with E-state index in [0.717, 1.165) is 16.3 Å². The maximum absolute atomic E-state index is 11.5. The molecule has 0 amide bonds. The SMILES string of the molecule is COC(=O)c1ccc(C)c2cc(O)ccc12. The summed E-state index contributed by atoms with van der Waals surface area (Å²) in [6.45, 7) is 1.93. The fraction of sp³-hybridized carbons (Fsp3) is 0.154. The van der Waals surface area contributed by atoms with Crippen molar-refractivity contribution >= 4 is 16.7 Å². The summed E-state index contributed by atoms with van der Waals surface area (Å²) in [7, 11) is 1.36. The summed E-state index contributed by atoms with van der Waals surface area (Å²) >= 11 is 0. The van der Waals surface area contributed by atoms with Gasteiger partial charge in [0, 0.05) is 0 Å². The van der Waals surface area contributed by atoms with Crippen LogP contribution in [0.15, 0.2) is 30.3 Å². The highest BCUT2D eigenvalue weighted by molar-refractivity contribution is 6.05. The summed E-state index contributed by atoms with van der Waals surface area (Å²) in [5.41, 5.74) is 1.53. The summed E-state index contributed by atoms with van der Waals surface area (Å²) in [4.78, 5) is 11.5. The van der Waals surface area contributed by atoms with Crippen molar-refractivity contribution in [2.24, 2.45) is 0 Å². The first-order valence-electron chi connectivity index (χ1n) is 4.94. The molecule has 0 unspecified atom stereocenters. The summed E-state index contributed by atoms with van der Waals surface area (Å²) < 4.78 is 4.71. The quantitative estimate of drug-likeness (QED) is 0.745. The molecule has 0 fully saturated rings.